The van der Waals surface area contributed by atoms with E-state index in [9.17, 15) is 0 Å². The van der Waals surface area contributed by atoms with Gasteiger partial charge in [-0.3, -0.25) is 4.79 Å². The maximum atomic E-state index is 8.95. The van der Waals surface area contributed by atoms with E-state index in [2.05, 4.69) is 25.7 Å². The Hall–Kier alpha value is -1.10. The molecular formula is C8H11BrN2O2. The first-order valence-electron chi connectivity index (χ1n) is 3.47. The van der Waals surface area contributed by atoms with E-state index < -0.39 is 0 Å². The van der Waals surface area contributed by atoms with E-state index in [1.807, 2.05) is 13.0 Å². The van der Waals surface area contributed by atoms with Crippen LogP contribution in [0, 0.1) is 6.92 Å². The summed E-state index contributed by atoms with van der Waals surface area (Å²) in [7, 11) is 1.31. The number of carbonyl (C=O) groups is 1. The zero-order valence-corrected chi connectivity index (χ0v) is 9.04. The van der Waals surface area contributed by atoms with Crippen molar-refractivity contribution in [3.8, 4) is 0 Å². The number of ether oxygens (including phenoxy) is 1. The monoisotopic (exact) mass is 246 g/mol. The second kappa shape index (κ2) is 6.42. The fourth-order valence-electron chi connectivity index (χ4n) is 0.563. The first kappa shape index (κ1) is 11.9. The van der Waals surface area contributed by atoms with Crippen molar-refractivity contribution in [3.05, 3.63) is 22.3 Å². The van der Waals surface area contributed by atoms with Crippen LogP contribution in [0.25, 0.3) is 0 Å². The molecule has 0 saturated carbocycles. The number of nitrogens with zero attached hydrogens (tertiary/aromatic N) is 1. The number of methoxy groups -OCH3 is 1. The Bertz CT molecular complexity index is 279. The summed E-state index contributed by atoms with van der Waals surface area (Å²) >= 11 is 3.31. The molecule has 0 bridgehead atoms. The number of halogens is 1. The van der Waals surface area contributed by atoms with Crippen LogP contribution in [-0.4, -0.2) is 18.6 Å². The molecule has 0 atom stereocenters. The van der Waals surface area contributed by atoms with Gasteiger partial charge in [0.25, 0.3) is 6.47 Å². The highest BCUT2D eigenvalue weighted by molar-refractivity contribution is 9.10. The minimum Gasteiger partial charge on any atom is -0.471 e. The van der Waals surface area contributed by atoms with Crippen LogP contribution in [0.5, 0.6) is 0 Å². The number of aryl methyl sites for hydroxylation is 1. The third-order valence-corrected chi connectivity index (χ3v) is 1.98. The molecule has 0 saturated heterocycles. The molecule has 13 heavy (non-hydrogen) atoms. The van der Waals surface area contributed by atoms with Gasteiger partial charge in [-0.15, -0.1) is 0 Å². The summed E-state index contributed by atoms with van der Waals surface area (Å²) in [5, 5.41) is 0. The molecule has 2 N–H and O–H groups in total. The van der Waals surface area contributed by atoms with Gasteiger partial charge in [-0.25, -0.2) is 4.98 Å². The third kappa shape index (κ3) is 5.19. The summed E-state index contributed by atoms with van der Waals surface area (Å²) < 4.78 is 4.86. The molecule has 0 radical (unpaired) electrons. The Morgan fingerprint density at radius 2 is 2.15 bits per heavy atom. The lowest BCUT2D eigenvalue weighted by Crippen LogP contribution is -1.91. The molecule has 0 unspecified atom stereocenters. The lowest BCUT2D eigenvalue weighted by Gasteiger charge is -1.95. The van der Waals surface area contributed by atoms with E-state index in [0.29, 0.717) is 12.3 Å². The molecule has 0 aliphatic rings. The van der Waals surface area contributed by atoms with Crippen molar-refractivity contribution in [1.82, 2.24) is 4.98 Å². The van der Waals surface area contributed by atoms with Gasteiger partial charge in [0.1, 0.15) is 5.82 Å². The molecule has 1 aromatic rings. The molecule has 5 heteroatoms. The van der Waals surface area contributed by atoms with Gasteiger partial charge in [-0.2, -0.15) is 0 Å². The van der Waals surface area contributed by atoms with Crippen molar-refractivity contribution < 1.29 is 9.53 Å². The summed E-state index contributed by atoms with van der Waals surface area (Å²) in [5.41, 5.74) is 6.32. The average Bonchev–Trinajstić information content (AvgIpc) is 2.12. The van der Waals surface area contributed by atoms with Gasteiger partial charge in [0.2, 0.25) is 0 Å². The lowest BCUT2D eigenvalue weighted by molar-refractivity contribution is -0.126. The van der Waals surface area contributed by atoms with E-state index >= 15 is 0 Å². The van der Waals surface area contributed by atoms with Crippen LogP contribution in [-0.2, 0) is 9.53 Å². The Kier molecular flexibility index (Phi) is 5.88. The molecule has 0 aromatic carbocycles. The molecule has 72 valence electrons. The number of hydrogen-bond acceptors (Lipinski definition) is 4. The number of hydrogen-bond donors (Lipinski definition) is 1. The van der Waals surface area contributed by atoms with Crippen LogP contribution >= 0.6 is 15.9 Å². The van der Waals surface area contributed by atoms with E-state index in [1.54, 1.807) is 6.07 Å². The third-order valence-electron chi connectivity index (χ3n) is 1.14. The topological polar surface area (TPSA) is 65.2 Å². The molecule has 1 aromatic heterocycles. The number of nitrogen functional groups attached to an aromatic ring is 1. The quantitative estimate of drug-likeness (QED) is 0.764. The molecule has 0 aliphatic carbocycles. The molecule has 1 heterocycles. The maximum Gasteiger partial charge on any atom is 0.292 e. The van der Waals surface area contributed by atoms with Crippen molar-refractivity contribution in [2.75, 3.05) is 12.8 Å². The second-order valence-electron chi connectivity index (χ2n) is 2.14. The largest absolute Gasteiger partial charge is 0.471 e. The SMILES string of the molecule is COC=O.Cc1nc(N)ccc1Br. The van der Waals surface area contributed by atoms with Crippen LogP contribution in [0.1, 0.15) is 5.69 Å². The van der Waals surface area contributed by atoms with Crippen LogP contribution in [0.2, 0.25) is 0 Å². The molecular weight excluding hydrogens is 236 g/mol. The smallest absolute Gasteiger partial charge is 0.292 e. The zero-order valence-electron chi connectivity index (χ0n) is 7.45. The second-order valence-corrected chi connectivity index (χ2v) is 2.99. The van der Waals surface area contributed by atoms with E-state index in [4.69, 9.17) is 10.5 Å². The number of carbonyl (C=O) groups excluding carboxylic acids is 1. The number of anilines is 1. The van der Waals surface area contributed by atoms with E-state index in [1.165, 1.54) is 7.11 Å². The first-order chi connectivity index (χ1) is 6.11. The molecule has 0 fully saturated rings. The van der Waals surface area contributed by atoms with Gasteiger partial charge in [-0.1, -0.05) is 0 Å². The van der Waals surface area contributed by atoms with Crippen LogP contribution < -0.4 is 5.73 Å². The Labute approximate surface area is 85.2 Å². The van der Waals surface area contributed by atoms with Crippen molar-refractivity contribution in [1.29, 1.82) is 0 Å². The van der Waals surface area contributed by atoms with Gasteiger partial charge in [0.05, 0.1) is 12.8 Å². The molecule has 0 amide bonds. The zero-order chi connectivity index (χ0) is 10.3. The molecule has 1 rings (SSSR count). The lowest BCUT2D eigenvalue weighted by atomic mass is 10.4. The number of pyridine rings is 1. The van der Waals surface area contributed by atoms with Crippen LogP contribution in [0.3, 0.4) is 0 Å². The molecule has 0 spiro atoms. The Morgan fingerprint density at radius 3 is 2.46 bits per heavy atom. The van der Waals surface area contributed by atoms with Crippen molar-refractivity contribution >= 4 is 28.2 Å². The molecule has 4 nitrogen and oxygen atoms in total. The highest BCUT2D eigenvalue weighted by atomic mass is 79.9. The predicted octanol–water partition coefficient (Wildman–Crippen LogP) is 1.52. The van der Waals surface area contributed by atoms with Gasteiger partial charge in [0, 0.05) is 4.47 Å². The highest BCUT2D eigenvalue weighted by Gasteiger charge is 1.92. The summed E-state index contributed by atoms with van der Waals surface area (Å²) in [6.45, 7) is 2.28. The fourth-order valence-corrected chi connectivity index (χ4v) is 0.784. The highest BCUT2D eigenvalue weighted by Crippen LogP contribution is 2.13. The number of aromatic nitrogens is 1. The fraction of sp³-hybridized carbons (Fsp3) is 0.250. The Morgan fingerprint density at radius 1 is 1.62 bits per heavy atom. The Balaban J connectivity index is 0.000000310. The average molecular weight is 247 g/mol. The minimum absolute atomic E-state index is 0.375. The van der Waals surface area contributed by atoms with Gasteiger partial charge in [0.15, 0.2) is 0 Å². The van der Waals surface area contributed by atoms with Gasteiger partial charge >= 0.3 is 0 Å². The van der Waals surface area contributed by atoms with Crippen LogP contribution in [0.15, 0.2) is 16.6 Å². The number of rotatable bonds is 1. The molecule has 0 aliphatic heterocycles. The summed E-state index contributed by atoms with van der Waals surface area (Å²) in [5.74, 6) is 0.565. The summed E-state index contributed by atoms with van der Waals surface area (Å²) in [6, 6.07) is 3.65. The van der Waals surface area contributed by atoms with Gasteiger partial charge < -0.3 is 10.5 Å². The van der Waals surface area contributed by atoms with Gasteiger partial charge in [-0.05, 0) is 35.0 Å². The maximum absolute atomic E-state index is 8.95. The van der Waals surface area contributed by atoms with E-state index in [0.717, 1.165) is 10.2 Å². The van der Waals surface area contributed by atoms with Crippen LogP contribution in [0.4, 0.5) is 5.82 Å². The summed E-state index contributed by atoms with van der Waals surface area (Å²) in [4.78, 5) is 13.0. The predicted molar refractivity (Wildman–Crippen MR) is 54.2 cm³/mol. The van der Waals surface area contributed by atoms with Crippen molar-refractivity contribution in [2.45, 2.75) is 6.92 Å². The normalized spacial score (nSPS) is 8.23. The first-order valence-corrected chi connectivity index (χ1v) is 4.26. The standard InChI is InChI=1S/C6H7BrN2.C2H4O2/c1-4-5(7)2-3-6(8)9-4;1-4-2-3/h2-3H,1H3,(H2,8,9);2H,1H3. The van der Waals surface area contributed by atoms with Crippen molar-refractivity contribution in [2.24, 2.45) is 0 Å². The van der Waals surface area contributed by atoms with Crippen molar-refractivity contribution in [3.63, 3.8) is 0 Å². The number of nitrogens with two attached hydrogens (primary N) is 1. The minimum atomic E-state index is 0.375. The summed E-state index contributed by atoms with van der Waals surface area (Å²) in [6.07, 6.45) is 0. The van der Waals surface area contributed by atoms with E-state index in [-0.39, 0.29) is 0 Å².